The van der Waals surface area contributed by atoms with Crippen molar-refractivity contribution in [3.8, 4) is 6.01 Å². The molecule has 0 spiro atoms. The van der Waals surface area contributed by atoms with E-state index in [-0.39, 0.29) is 0 Å². The third kappa shape index (κ3) is 5.73. The minimum absolute atomic E-state index is 0.373. The Morgan fingerprint density at radius 3 is 2.57 bits per heavy atom. The van der Waals surface area contributed by atoms with E-state index in [0.29, 0.717) is 30.6 Å². The second-order valence-corrected chi connectivity index (χ2v) is 5.76. The molecule has 0 bridgehead atoms. The van der Waals surface area contributed by atoms with Crippen LogP contribution < -0.4 is 15.4 Å². The third-order valence-corrected chi connectivity index (χ3v) is 3.34. The van der Waals surface area contributed by atoms with Crippen molar-refractivity contribution in [1.82, 2.24) is 15.0 Å². The van der Waals surface area contributed by atoms with Gasteiger partial charge in [0, 0.05) is 12.6 Å². The Balaban J connectivity index is 2.01. The molecule has 1 unspecified atom stereocenters. The number of ether oxygens (including phenoxy) is 1. The van der Waals surface area contributed by atoms with Crippen molar-refractivity contribution in [2.75, 3.05) is 23.8 Å². The Labute approximate surface area is 127 Å². The molecule has 0 aliphatic heterocycles. The van der Waals surface area contributed by atoms with Gasteiger partial charge in [-0.15, -0.1) is 0 Å². The molecule has 2 N–H and O–H groups in total. The zero-order valence-corrected chi connectivity index (χ0v) is 13.4. The third-order valence-electron chi connectivity index (χ3n) is 3.34. The Morgan fingerprint density at radius 2 is 1.90 bits per heavy atom. The van der Waals surface area contributed by atoms with E-state index in [2.05, 4.69) is 46.4 Å². The molecule has 1 fully saturated rings. The first-order valence-corrected chi connectivity index (χ1v) is 8.10. The number of hydrogen-bond acceptors (Lipinski definition) is 6. The highest BCUT2D eigenvalue weighted by Gasteiger charge is 2.24. The van der Waals surface area contributed by atoms with Gasteiger partial charge in [-0.25, -0.2) is 0 Å². The molecule has 0 radical (unpaired) electrons. The maximum absolute atomic E-state index is 5.55. The van der Waals surface area contributed by atoms with Crippen LogP contribution in [0.15, 0.2) is 0 Å². The fourth-order valence-electron chi connectivity index (χ4n) is 2.13. The number of hydrogen-bond donors (Lipinski definition) is 2. The minimum atomic E-state index is 0.373. The Kier molecular flexibility index (Phi) is 6.02. The van der Waals surface area contributed by atoms with E-state index in [0.717, 1.165) is 25.3 Å². The zero-order valence-electron chi connectivity index (χ0n) is 13.4. The summed E-state index contributed by atoms with van der Waals surface area (Å²) in [4.78, 5) is 13.1. The number of nitrogens with one attached hydrogen (secondary N) is 2. The summed E-state index contributed by atoms with van der Waals surface area (Å²) in [7, 11) is 0. The Bertz CT molecular complexity index is 410. The van der Waals surface area contributed by atoms with E-state index < -0.39 is 0 Å². The van der Waals surface area contributed by atoms with Gasteiger partial charge in [0.1, 0.15) is 0 Å². The number of aromatic nitrogens is 3. The fraction of sp³-hybridized carbons (Fsp3) is 0.800. The van der Waals surface area contributed by atoms with Crippen LogP contribution in [-0.4, -0.2) is 34.1 Å². The van der Waals surface area contributed by atoms with Gasteiger partial charge in [0.05, 0.1) is 6.61 Å². The minimum Gasteiger partial charge on any atom is -0.463 e. The topological polar surface area (TPSA) is 72.0 Å². The van der Waals surface area contributed by atoms with Crippen LogP contribution in [0.5, 0.6) is 6.01 Å². The van der Waals surface area contributed by atoms with Crippen molar-refractivity contribution in [2.45, 2.75) is 58.9 Å². The van der Waals surface area contributed by atoms with Gasteiger partial charge < -0.3 is 15.4 Å². The summed E-state index contributed by atoms with van der Waals surface area (Å²) in [5.41, 5.74) is 0. The molecule has 1 saturated carbocycles. The predicted octanol–water partition coefficient (Wildman–Crippen LogP) is 3.08. The zero-order chi connectivity index (χ0) is 15.1. The van der Waals surface area contributed by atoms with Crippen LogP contribution in [0.3, 0.4) is 0 Å². The number of anilines is 2. The van der Waals surface area contributed by atoms with Gasteiger partial charge in [-0.1, -0.05) is 26.7 Å². The average Bonchev–Trinajstić information content (AvgIpc) is 3.26. The van der Waals surface area contributed by atoms with Gasteiger partial charge in [-0.2, -0.15) is 15.0 Å². The number of rotatable bonds is 10. The van der Waals surface area contributed by atoms with Crippen LogP contribution >= 0.6 is 0 Å². The largest absolute Gasteiger partial charge is 0.463 e. The Hall–Kier alpha value is -1.59. The highest BCUT2D eigenvalue weighted by molar-refractivity contribution is 5.36. The summed E-state index contributed by atoms with van der Waals surface area (Å²) in [5, 5.41) is 6.56. The second-order valence-electron chi connectivity index (χ2n) is 5.76. The van der Waals surface area contributed by atoms with Gasteiger partial charge >= 0.3 is 6.01 Å². The van der Waals surface area contributed by atoms with Crippen molar-refractivity contribution >= 4 is 11.9 Å². The standard InChI is InChI=1S/C15H27N5O/c1-4-8-16-13-18-14(17-11(3)10-12-6-7-12)20-15(19-13)21-9-5-2/h11-12H,4-10H2,1-3H3,(H2,16,17,18,19,20). The molecule has 1 aliphatic rings. The molecule has 1 atom stereocenters. The van der Waals surface area contributed by atoms with Crippen LogP contribution in [0.25, 0.3) is 0 Å². The quantitative estimate of drug-likeness (QED) is 0.690. The lowest BCUT2D eigenvalue weighted by Crippen LogP contribution is -2.19. The lowest BCUT2D eigenvalue weighted by atomic mass is 10.2. The van der Waals surface area contributed by atoms with Gasteiger partial charge in [0.2, 0.25) is 11.9 Å². The average molecular weight is 293 g/mol. The van der Waals surface area contributed by atoms with Gasteiger partial charge in [-0.3, -0.25) is 0 Å². The van der Waals surface area contributed by atoms with Crippen LogP contribution in [0.1, 0.15) is 52.9 Å². The molecule has 1 aromatic heterocycles. The maximum atomic E-state index is 5.55. The van der Waals surface area contributed by atoms with E-state index in [1.807, 2.05) is 0 Å². The molecular formula is C15H27N5O. The van der Waals surface area contributed by atoms with Crippen molar-refractivity contribution in [1.29, 1.82) is 0 Å². The maximum Gasteiger partial charge on any atom is 0.323 e. The molecule has 1 aromatic rings. The normalized spacial score (nSPS) is 15.6. The highest BCUT2D eigenvalue weighted by Crippen LogP contribution is 2.33. The lowest BCUT2D eigenvalue weighted by molar-refractivity contribution is 0.292. The summed E-state index contributed by atoms with van der Waals surface area (Å²) < 4.78 is 5.55. The molecule has 0 aromatic carbocycles. The smallest absolute Gasteiger partial charge is 0.323 e. The first-order chi connectivity index (χ1) is 10.2. The molecule has 6 nitrogen and oxygen atoms in total. The SMILES string of the molecule is CCCNc1nc(NC(C)CC2CC2)nc(OCCC)n1. The molecule has 1 aliphatic carbocycles. The van der Waals surface area contributed by atoms with E-state index in [1.54, 1.807) is 0 Å². The first-order valence-electron chi connectivity index (χ1n) is 8.10. The van der Waals surface area contributed by atoms with Crippen molar-refractivity contribution in [2.24, 2.45) is 5.92 Å². The predicted molar refractivity (Wildman–Crippen MR) is 84.8 cm³/mol. The van der Waals surface area contributed by atoms with E-state index in [1.165, 1.54) is 19.3 Å². The lowest BCUT2D eigenvalue weighted by Gasteiger charge is -2.15. The van der Waals surface area contributed by atoms with E-state index >= 15 is 0 Å². The molecule has 6 heteroatoms. The van der Waals surface area contributed by atoms with E-state index in [9.17, 15) is 0 Å². The summed E-state index contributed by atoms with van der Waals surface area (Å²) >= 11 is 0. The molecule has 1 heterocycles. The van der Waals surface area contributed by atoms with Crippen LogP contribution in [0.4, 0.5) is 11.9 Å². The van der Waals surface area contributed by atoms with Crippen molar-refractivity contribution < 1.29 is 4.74 Å². The highest BCUT2D eigenvalue weighted by atomic mass is 16.5. The Morgan fingerprint density at radius 1 is 1.14 bits per heavy atom. The molecular weight excluding hydrogens is 266 g/mol. The van der Waals surface area contributed by atoms with E-state index in [4.69, 9.17) is 4.74 Å². The summed E-state index contributed by atoms with van der Waals surface area (Å²) in [5.74, 6) is 2.06. The fourth-order valence-corrected chi connectivity index (χ4v) is 2.13. The molecule has 21 heavy (non-hydrogen) atoms. The van der Waals surface area contributed by atoms with Crippen molar-refractivity contribution in [3.05, 3.63) is 0 Å². The molecule has 2 rings (SSSR count). The monoisotopic (exact) mass is 293 g/mol. The summed E-state index contributed by atoms with van der Waals surface area (Å²) in [6.45, 7) is 7.81. The first kappa shape index (κ1) is 15.8. The number of nitrogens with zero attached hydrogens (tertiary/aromatic N) is 3. The van der Waals surface area contributed by atoms with Crippen molar-refractivity contribution in [3.63, 3.8) is 0 Å². The van der Waals surface area contributed by atoms with Gasteiger partial charge in [0.25, 0.3) is 0 Å². The van der Waals surface area contributed by atoms with Crippen LogP contribution in [0, 0.1) is 5.92 Å². The summed E-state index contributed by atoms with van der Waals surface area (Å²) in [6.07, 6.45) is 5.85. The van der Waals surface area contributed by atoms with Gasteiger partial charge in [-0.05, 0) is 32.1 Å². The second kappa shape index (κ2) is 8.00. The molecule has 0 saturated heterocycles. The molecule has 118 valence electrons. The summed E-state index contributed by atoms with van der Waals surface area (Å²) in [6, 6.07) is 0.768. The van der Waals surface area contributed by atoms with Gasteiger partial charge in [0.15, 0.2) is 0 Å². The molecule has 0 amide bonds. The van der Waals surface area contributed by atoms with Crippen LogP contribution in [0.2, 0.25) is 0 Å². The van der Waals surface area contributed by atoms with Crippen LogP contribution in [-0.2, 0) is 0 Å².